The van der Waals surface area contributed by atoms with Gasteiger partial charge in [-0.25, -0.2) is 0 Å². The highest BCUT2D eigenvalue weighted by Crippen LogP contribution is 2.15. The SMILES string of the molecule is Cc1ccc(NC(=O)CCc2ccc(C#N)cc2)cc1C. The number of hydrogen-bond acceptors (Lipinski definition) is 2. The smallest absolute Gasteiger partial charge is 0.224 e. The predicted molar refractivity (Wildman–Crippen MR) is 84.0 cm³/mol. The van der Waals surface area contributed by atoms with Gasteiger partial charge in [-0.15, -0.1) is 0 Å². The van der Waals surface area contributed by atoms with Crippen molar-refractivity contribution in [3.8, 4) is 6.07 Å². The molecule has 3 nitrogen and oxygen atoms in total. The largest absolute Gasteiger partial charge is 0.326 e. The zero-order valence-electron chi connectivity index (χ0n) is 12.3. The molecular weight excluding hydrogens is 260 g/mol. The first kappa shape index (κ1) is 14.8. The number of anilines is 1. The normalized spacial score (nSPS) is 9.95. The van der Waals surface area contributed by atoms with E-state index in [9.17, 15) is 4.79 Å². The third-order valence-electron chi connectivity index (χ3n) is 3.51. The molecule has 0 atom stereocenters. The lowest BCUT2D eigenvalue weighted by Crippen LogP contribution is -2.12. The van der Waals surface area contributed by atoms with E-state index < -0.39 is 0 Å². The number of carbonyl (C=O) groups excluding carboxylic acids is 1. The first-order valence-electron chi connectivity index (χ1n) is 6.94. The van der Waals surface area contributed by atoms with Crippen molar-refractivity contribution < 1.29 is 4.79 Å². The Morgan fingerprint density at radius 2 is 1.81 bits per heavy atom. The Labute approximate surface area is 125 Å². The van der Waals surface area contributed by atoms with E-state index >= 15 is 0 Å². The fourth-order valence-electron chi connectivity index (χ4n) is 2.05. The van der Waals surface area contributed by atoms with Gasteiger partial charge < -0.3 is 5.32 Å². The lowest BCUT2D eigenvalue weighted by molar-refractivity contribution is -0.116. The second-order valence-corrected chi connectivity index (χ2v) is 5.16. The molecule has 0 saturated carbocycles. The number of nitrogens with zero attached hydrogens (tertiary/aromatic N) is 1. The molecule has 2 aromatic rings. The van der Waals surface area contributed by atoms with Crippen molar-refractivity contribution >= 4 is 11.6 Å². The van der Waals surface area contributed by atoms with Crippen molar-refractivity contribution in [3.05, 3.63) is 64.7 Å². The maximum absolute atomic E-state index is 11.9. The number of aryl methyl sites for hydroxylation is 3. The van der Waals surface area contributed by atoms with E-state index in [1.807, 2.05) is 44.2 Å². The quantitative estimate of drug-likeness (QED) is 0.926. The van der Waals surface area contributed by atoms with Crippen LogP contribution in [-0.2, 0) is 11.2 Å². The van der Waals surface area contributed by atoms with Crippen molar-refractivity contribution in [2.45, 2.75) is 26.7 Å². The highest BCUT2D eigenvalue weighted by Gasteiger charge is 2.04. The van der Waals surface area contributed by atoms with Crippen LogP contribution in [0.25, 0.3) is 0 Å². The molecule has 0 spiro atoms. The molecule has 0 radical (unpaired) electrons. The van der Waals surface area contributed by atoms with Gasteiger partial charge in [-0.3, -0.25) is 4.79 Å². The first-order valence-corrected chi connectivity index (χ1v) is 6.94. The minimum absolute atomic E-state index is 0.00242. The van der Waals surface area contributed by atoms with Gasteiger partial charge in [0.25, 0.3) is 0 Å². The predicted octanol–water partition coefficient (Wildman–Crippen LogP) is 3.75. The summed E-state index contributed by atoms with van der Waals surface area (Å²) in [6, 6.07) is 15.3. The lowest BCUT2D eigenvalue weighted by Gasteiger charge is -2.08. The summed E-state index contributed by atoms with van der Waals surface area (Å²) in [5.41, 5.74) is 4.91. The molecule has 1 amide bonds. The summed E-state index contributed by atoms with van der Waals surface area (Å²) in [5.74, 6) is 0.00242. The van der Waals surface area contributed by atoms with Crippen molar-refractivity contribution in [1.82, 2.24) is 0 Å². The van der Waals surface area contributed by atoms with Crippen molar-refractivity contribution in [2.75, 3.05) is 5.32 Å². The average molecular weight is 278 g/mol. The van der Waals surface area contributed by atoms with Crippen LogP contribution in [0.4, 0.5) is 5.69 Å². The van der Waals surface area contributed by atoms with Gasteiger partial charge in [0.15, 0.2) is 0 Å². The molecule has 21 heavy (non-hydrogen) atoms. The Bertz CT molecular complexity index is 681. The van der Waals surface area contributed by atoms with Crippen molar-refractivity contribution in [2.24, 2.45) is 0 Å². The number of benzene rings is 2. The number of hydrogen-bond donors (Lipinski definition) is 1. The number of carbonyl (C=O) groups is 1. The third kappa shape index (κ3) is 4.19. The van der Waals surface area contributed by atoms with Crippen LogP contribution in [0.3, 0.4) is 0 Å². The van der Waals surface area contributed by atoms with Crippen LogP contribution in [-0.4, -0.2) is 5.91 Å². The Morgan fingerprint density at radius 1 is 1.10 bits per heavy atom. The summed E-state index contributed by atoms with van der Waals surface area (Å²) in [6.07, 6.45) is 1.10. The standard InChI is InChI=1S/C18H18N2O/c1-13-3-9-17(11-14(13)2)20-18(21)10-8-15-4-6-16(12-19)7-5-15/h3-7,9,11H,8,10H2,1-2H3,(H,20,21). The molecule has 0 aromatic heterocycles. The van der Waals surface area contributed by atoms with Crippen LogP contribution in [0.2, 0.25) is 0 Å². The van der Waals surface area contributed by atoms with E-state index in [2.05, 4.69) is 11.4 Å². The molecule has 0 aliphatic rings. The van der Waals surface area contributed by atoms with Crippen LogP contribution in [0.5, 0.6) is 0 Å². The van der Waals surface area contributed by atoms with E-state index in [4.69, 9.17) is 5.26 Å². The summed E-state index contributed by atoms with van der Waals surface area (Å²) < 4.78 is 0. The second kappa shape index (κ2) is 6.71. The Hall–Kier alpha value is -2.60. The van der Waals surface area contributed by atoms with Crippen molar-refractivity contribution in [3.63, 3.8) is 0 Å². The molecule has 3 heteroatoms. The molecule has 0 bridgehead atoms. The summed E-state index contributed by atoms with van der Waals surface area (Å²) in [6.45, 7) is 4.08. The summed E-state index contributed by atoms with van der Waals surface area (Å²) in [7, 11) is 0. The van der Waals surface area contributed by atoms with Crippen LogP contribution >= 0.6 is 0 Å². The summed E-state index contributed by atoms with van der Waals surface area (Å²) in [5, 5.41) is 11.6. The number of nitriles is 1. The molecular formula is C18H18N2O. The molecule has 2 aromatic carbocycles. The lowest BCUT2D eigenvalue weighted by atomic mass is 10.1. The van der Waals surface area contributed by atoms with Gasteiger partial charge in [0.1, 0.15) is 0 Å². The van der Waals surface area contributed by atoms with E-state index in [-0.39, 0.29) is 5.91 Å². The Morgan fingerprint density at radius 3 is 2.43 bits per heavy atom. The molecule has 2 rings (SSSR count). The van der Waals surface area contributed by atoms with Gasteiger partial charge in [0.05, 0.1) is 11.6 Å². The topological polar surface area (TPSA) is 52.9 Å². The Kier molecular flexibility index (Phi) is 4.73. The Balaban J connectivity index is 1.89. The van der Waals surface area contributed by atoms with E-state index in [1.54, 1.807) is 12.1 Å². The summed E-state index contributed by atoms with van der Waals surface area (Å²) >= 11 is 0. The van der Waals surface area contributed by atoms with Gasteiger partial charge in [0.2, 0.25) is 5.91 Å². The highest BCUT2D eigenvalue weighted by molar-refractivity contribution is 5.90. The van der Waals surface area contributed by atoms with Gasteiger partial charge in [-0.05, 0) is 61.2 Å². The molecule has 0 aliphatic carbocycles. The monoisotopic (exact) mass is 278 g/mol. The van der Waals surface area contributed by atoms with E-state index in [0.29, 0.717) is 18.4 Å². The second-order valence-electron chi connectivity index (χ2n) is 5.16. The number of amides is 1. The molecule has 0 saturated heterocycles. The minimum Gasteiger partial charge on any atom is -0.326 e. The van der Waals surface area contributed by atoms with Gasteiger partial charge in [0, 0.05) is 12.1 Å². The van der Waals surface area contributed by atoms with Gasteiger partial charge >= 0.3 is 0 Å². The number of rotatable bonds is 4. The zero-order valence-corrected chi connectivity index (χ0v) is 12.3. The first-order chi connectivity index (χ1) is 10.1. The van der Waals surface area contributed by atoms with Gasteiger partial charge in [-0.1, -0.05) is 18.2 Å². The van der Waals surface area contributed by atoms with E-state index in [0.717, 1.165) is 11.3 Å². The zero-order chi connectivity index (χ0) is 15.2. The maximum atomic E-state index is 11.9. The van der Waals surface area contributed by atoms with Gasteiger partial charge in [-0.2, -0.15) is 5.26 Å². The maximum Gasteiger partial charge on any atom is 0.224 e. The van der Waals surface area contributed by atoms with Crippen LogP contribution in [0.1, 0.15) is 28.7 Å². The van der Waals surface area contributed by atoms with Crippen LogP contribution < -0.4 is 5.32 Å². The third-order valence-corrected chi connectivity index (χ3v) is 3.51. The fraction of sp³-hybridized carbons (Fsp3) is 0.222. The van der Waals surface area contributed by atoms with E-state index in [1.165, 1.54) is 11.1 Å². The van der Waals surface area contributed by atoms with Crippen LogP contribution in [0.15, 0.2) is 42.5 Å². The highest BCUT2D eigenvalue weighted by atomic mass is 16.1. The molecule has 0 fully saturated rings. The molecule has 0 aliphatic heterocycles. The van der Waals surface area contributed by atoms with Crippen molar-refractivity contribution in [1.29, 1.82) is 5.26 Å². The minimum atomic E-state index is 0.00242. The fourth-order valence-corrected chi connectivity index (χ4v) is 2.05. The molecule has 0 heterocycles. The molecule has 1 N–H and O–H groups in total. The summed E-state index contributed by atoms with van der Waals surface area (Å²) in [4.78, 5) is 11.9. The average Bonchev–Trinajstić information content (AvgIpc) is 2.49. The number of nitrogens with one attached hydrogen (secondary N) is 1. The van der Waals surface area contributed by atoms with Crippen LogP contribution in [0, 0.1) is 25.2 Å². The molecule has 106 valence electrons. The molecule has 0 unspecified atom stereocenters.